The average Bonchev–Trinajstić information content (AvgIpc) is 2.89. The van der Waals surface area contributed by atoms with Gasteiger partial charge >= 0.3 is 5.97 Å². The van der Waals surface area contributed by atoms with Crippen LogP contribution in [0.15, 0.2) is 29.5 Å². The molecule has 9 nitrogen and oxygen atoms in total. The minimum absolute atomic E-state index is 0.00475. The second-order valence-corrected chi connectivity index (χ2v) is 12.0. The van der Waals surface area contributed by atoms with Crippen molar-refractivity contribution in [2.24, 2.45) is 10.8 Å². The third-order valence-corrected chi connectivity index (χ3v) is 8.50. The number of nitrogens with one attached hydrogen (secondary N) is 1. The van der Waals surface area contributed by atoms with Gasteiger partial charge in [0.15, 0.2) is 0 Å². The highest BCUT2D eigenvalue weighted by atomic mass is 35.5. The van der Waals surface area contributed by atoms with Gasteiger partial charge < -0.3 is 29.9 Å². The molecule has 2 aliphatic rings. The van der Waals surface area contributed by atoms with Gasteiger partial charge in [0.25, 0.3) is 0 Å². The number of carboxylic acids is 1. The average molecular weight is 563 g/mol. The van der Waals surface area contributed by atoms with Crippen LogP contribution in [0.25, 0.3) is 0 Å². The van der Waals surface area contributed by atoms with Crippen molar-refractivity contribution in [2.45, 2.75) is 53.2 Å². The van der Waals surface area contributed by atoms with Crippen LogP contribution in [-0.4, -0.2) is 97.2 Å². The molecule has 216 valence electrons. The summed E-state index contributed by atoms with van der Waals surface area (Å²) in [5.74, 6) is -0.293. The van der Waals surface area contributed by atoms with E-state index in [2.05, 4.69) is 55.8 Å². The van der Waals surface area contributed by atoms with Crippen molar-refractivity contribution in [3.8, 4) is 11.8 Å². The summed E-state index contributed by atoms with van der Waals surface area (Å²) in [7, 11) is 0. The Hall–Kier alpha value is -2.35. The first-order chi connectivity index (χ1) is 18.4. The van der Waals surface area contributed by atoms with E-state index in [-0.39, 0.29) is 36.2 Å². The zero-order valence-electron chi connectivity index (χ0n) is 23.8. The van der Waals surface area contributed by atoms with Crippen molar-refractivity contribution in [2.75, 3.05) is 59.1 Å². The van der Waals surface area contributed by atoms with Crippen LogP contribution < -0.4 is 10.1 Å². The molecule has 1 saturated carbocycles. The van der Waals surface area contributed by atoms with Crippen molar-refractivity contribution in [1.29, 1.82) is 5.26 Å². The molecule has 1 aromatic carbocycles. The number of ether oxygens (including phenoxy) is 2. The van der Waals surface area contributed by atoms with E-state index in [9.17, 15) is 9.90 Å². The first-order valence-electron chi connectivity index (χ1n) is 13.6. The van der Waals surface area contributed by atoms with Gasteiger partial charge in [0, 0.05) is 67.9 Å². The van der Waals surface area contributed by atoms with Crippen molar-refractivity contribution < 1.29 is 24.5 Å². The summed E-state index contributed by atoms with van der Waals surface area (Å²) in [5.41, 5.74) is 2.31. The zero-order chi connectivity index (χ0) is 28.8. The van der Waals surface area contributed by atoms with Gasteiger partial charge in [-0.2, -0.15) is 5.26 Å². The molecule has 0 amide bonds. The highest BCUT2D eigenvalue weighted by molar-refractivity contribution is 6.31. The van der Waals surface area contributed by atoms with E-state index < -0.39 is 5.97 Å². The number of aliphatic hydroxyl groups is 1. The summed E-state index contributed by atoms with van der Waals surface area (Å²) in [4.78, 5) is 15.1. The van der Waals surface area contributed by atoms with Crippen LogP contribution in [0.4, 0.5) is 0 Å². The van der Waals surface area contributed by atoms with Crippen LogP contribution in [0.1, 0.15) is 46.6 Å². The topological polar surface area (TPSA) is 118 Å². The van der Waals surface area contributed by atoms with Crippen molar-refractivity contribution >= 4 is 17.6 Å². The second-order valence-electron chi connectivity index (χ2n) is 11.5. The number of hydrogen-bond acceptors (Lipinski definition) is 8. The summed E-state index contributed by atoms with van der Waals surface area (Å²) in [6.07, 6.45) is 0.786. The Bertz CT molecular complexity index is 1060. The molecule has 3 rings (SSSR count). The number of benzene rings is 1. The van der Waals surface area contributed by atoms with Crippen LogP contribution in [0.3, 0.4) is 0 Å². The fourth-order valence-corrected chi connectivity index (χ4v) is 6.65. The van der Waals surface area contributed by atoms with Crippen molar-refractivity contribution in [3.63, 3.8) is 0 Å². The number of carboxylic acid groups (broad SMARTS) is 1. The fraction of sp³-hybridized carbons (Fsp3) is 0.655. The highest BCUT2D eigenvalue weighted by Crippen LogP contribution is 2.55. The molecule has 2 fully saturated rings. The molecule has 0 radical (unpaired) electrons. The Balaban J connectivity index is 1.59. The molecule has 1 saturated heterocycles. The molecule has 0 bridgehead atoms. The standard InChI is InChI=1S/C29H43ClN4O5/c1-6-20(24(18-35)34-11-9-33(10-12-34)13-14-38-19-25(36)37)17-32-26-28(2,3)27(29(26,4)5)39-22-8-7-21(16-31)23(30)15-22/h7-8,15,26-27,32,35H,6,9-14,17-19H2,1-5H3,(H,36,37)/b24-20+. The van der Waals surface area contributed by atoms with Gasteiger partial charge in [-0.3, -0.25) is 4.90 Å². The van der Waals surface area contributed by atoms with Gasteiger partial charge in [0.2, 0.25) is 0 Å². The monoisotopic (exact) mass is 562 g/mol. The molecule has 3 N–H and O–H groups in total. The Morgan fingerprint density at radius 3 is 2.41 bits per heavy atom. The Morgan fingerprint density at radius 1 is 1.21 bits per heavy atom. The normalized spacial score (nSPS) is 23.0. The minimum Gasteiger partial charge on any atom is -0.489 e. The summed E-state index contributed by atoms with van der Waals surface area (Å²) in [6.45, 7) is 15.7. The number of piperazine rings is 1. The zero-order valence-corrected chi connectivity index (χ0v) is 24.6. The summed E-state index contributed by atoms with van der Waals surface area (Å²) < 4.78 is 11.6. The van der Waals surface area contributed by atoms with E-state index >= 15 is 0 Å². The first-order valence-corrected chi connectivity index (χ1v) is 14.0. The SMILES string of the molecule is CC/C(CNC1C(C)(C)C(Oc2ccc(C#N)c(Cl)c2)C1(C)C)=C(/CO)N1CCN(CCOCC(=O)O)CC1. The lowest BCUT2D eigenvalue weighted by molar-refractivity contribution is -0.167. The molecular weight excluding hydrogens is 520 g/mol. The molecule has 1 heterocycles. The molecule has 1 aromatic rings. The smallest absolute Gasteiger partial charge is 0.329 e. The van der Waals surface area contributed by atoms with Gasteiger partial charge in [-0.1, -0.05) is 46.2 Å². The molecular formula is C29H43ClN4O5. The minimum atomic E-state index is -0.953. The third kappa shape index (κ3) is 7.24. The lowest BCUT2D eigenvalue weighted by atomic mass is 9.49. The first kappa shape index (κ1) is 31.2. The van der Waals surface area contributed by atoms with Crippen molar-refractivity contribution in [3.05, 3.63) is 40.1 Å². The maximum absolute atomic E-state index is 10.6. The number of nitrogens with zero attached hydrogens (tertiary/aromatic N) is 3. The van der Waals surface area contributed by atoms with E-state index in [1.165, 1.54) is 5.57 Å². The Kier molecular flexibility index (Phi) is 10.7. The maximum Gasteiger partial charge on any atom is 0.329 e. The van der Waals surface area contributed by atoms with Gasteiger partial charge in [0.1, 0.15) is 24.5 Å². The lowest BCUT2D eigenvalue weighted by Gasteiger charge is -2.63. The second kappa shape index (κ2) is 13.3. The largest absolute Gasteiger partial charge is 0.489 e. The van der Waals surface area contributed by atoms with Crippen LogP contribution in [0.5, 0.6) is 5.75 Å². The number of nitriles is 1. The molecule has 1 aliphatic heterocycles. The molecule has 0 aromatic heterocycles. The summed E-state index contributed by atoms with van der Waals surface area (Å²) >= 11 is 6.23. The van der Waals surface area contributed by atoms with E-state index in [1.807, 2.05) is 0 Å². The van der Waals surface area contributed by atoms with Crippen molar-refractivity contribution in [1.82, 2.24) is 15.1 Å². The van der Waals surface area contributed by atoms with Crippen LogP contribution >= 0.6 is 11.6 Å². The van der Waals surface area contributed by atoms with E-state index in [1.54, 1.807) is 18.2 Å². The predicted molar refractivity (Wildman–Crippen MR) is 151 cm³/mol. The van der Waals surface area contributed by atoms with Gasteiger partial charge in [-0.15, -0.1) is 0 Å². The van der Waals surface area contributed by atoms with E-state index in [0.717, 1.165) is 38.3 Å². The highest BCUT2D eigenvalue weighted by Gasteiger charge is 2.63. The van der Waals surface area contributed by atoms with Crippen LogP contribution in [-0.2, 0) is 9.53 Å². The molecule has 39 heavy (non-hydrogen) atoms. The quantitative estimate of drug-likeness (QED) is 0.311. The molecule has 0 unspecified atom stereocenters. The number of aliphatic hydroxyl groups excluding tert-OH is 1. The van der Waals surface area contributed by atoms with Gasteiger partial charge in [-0.25, -0.2) is 4.79 Å². The van der Waals surface area contributed by atoms with Gasteiger partial charge in [-0.05, 0) is 24.1 Å². The number of halogens is 1. The Labute approximate surface area is 237 Å². The molecule has 0 spiro atoms. The van der Waals surface area contributed by atoms with Crippen LogP contribution in [0.2, 0.25) is 5.02 Å². The molecule has 10 heteroatoms. The predicted octanol–water partition coefficient (Wildman–Crippen LogP) is 3.36. The van der Waals surface area contributed by atoms with E-state index in [0.29, 0.717) is 36.0 Å². The van der Waals surface area contributed by atoms with Gasteiger partial charge in [0.05, 0.1) is 23.8 Å². The molecule has 1 aliphatic carbocycles. The third-order valence-electron chi connectivity index (χ3n) is 8.19. The fourth-order valence-electron chi connectivity index (χ4n) is 6.44. The number of rotatable bonds is 13. The Morgan fingerprint density at radius 2 is 1.87 bits per heavy atom. The molecule has 0 atom stereocenters. The number of carbonyl (C=O) groups is 1. The number of aliphatic carboxylic acids is 1. The summed E-state index contributed by atoms with van der Waals surface area (Å²) in [6, 6.07) is 7.46. The maximum atomic E-state index is 10.6. The number of hydrogen-bond donors (Lipinski definition) is 3. The van der Waals surface area contributed by atoms with E-state index in [4.69, 9.17) is 31.4 Å². The van der Waals surface area contributed by atoms with Crippen LogP contribution in [0, 0.1) is 22.2 Å². The summed E-state index contributed by atoms with van der Waals surface area (Å²) in [5, 5.41) is 32.3. The lowest BCUT2D eigenvalue weighted by Crippen LogP contribution is -2.74.